The first-order valence-electron chi connectivity index (χ1n) is 8.76. The second kappa shape index (κ2) is 9.86. The van der Waals surface area contributed by atoms with Gasteiger partial charge in [-0.25, -0.2) is 0 Å². The van der Waals surface area contributed by atoms with Gasteiger partial charge >= 0.3 is 0 Å². The average Bonchev–Trinajstić information content (AvgIpc) is 3.05. The average molecular weight is 341 g/mol. The first-order chi connectivity index (χ1) is 11.3. The molecule has 0 spiro atoms. The summed E-state index contributed by atoms with van der Waals surface area (Å²) in [7, 11) is 0. The highest BCUT2D eigenvalue weighted by atomic mass is 16.3. The van der Waals surface area contributed by atoms with E-state index in [0.717, 1.165) is 19.4 Å². The largest absolute Gasteiger partial charge is 0.393 e. The summed E-state index contributed by atoms with van der Waals surface area (Å²) >= 11 is 0. The van der Waals surface area contributed by atoms with E-state index in [0.29, 0.717) is 6.42 Å². The number of nitrogens with one attached hydrogen (secondary N) is 2. The highest BCUT2D eigenvalue weighted by molar-refractivity contribution is 5.93. The van der Waals surface area contributed by atoms with Crippen LogP contribution in [-0.2, 0) is 14.4 Å². The van der Waals surface area contributed by atoms with Crippen LogP contribution in [0, 0.1) is 11.8 Å². The third-order valence-corrected chi connectivity index (χ3v) is 4.47. The van der Waals surface area contributed by atoms with Gasteiger partial charge in [-0.3, -0.25) is 14.4 Å². The lowest BCUT2D eigenvalue weighted by atomic mass is 9.91. The number of carbonyl (C=O) groups is 3. The fourth-order valence-electron chi connectivity index (χ4n) is 2.93. The number of Topliss-reactive ketones (excluding diaryl/α,β-unsaturated/α-hetero) is 2. The molecule has 1 heterocycles. The zero-order chi connectivity index (χ0) is 18.3. The van der Waals surface area contributed by atoms with Crippen LogP contribution in [0.4, 0.5) is 0 Å². The van der Waals surface area contributed by atoms with E-state index in [1.54, 1.807) is 13.8 Å². The summed E-state index contributed by atoms with van der Waals surface area (Å²) in [5.74, 6) is -1.72. The SMILES string of the molecule is CC(C)C(=O)[C@H](CCN)NC(=O)[C@@H](CC(=O)[C@H]1CCCN1)C(C)O. The zero-order valence-electron chi connectivity index (χ0n) is 14.9. The van der Waals surface area contributed by atoms with Gasteiger partial charge in [-0.15, -0.1) is 0 Å². The second-order valence-electron chi connectivity index (χ2n) is 6.86. The standard InChI is InChI=1S/C17H31N3O4/c1-10(2)16(23)14(6-7-18)20-17(24)12(11(3)21)9-15(22)13-5-4-8-19-13/h10-14,19,21H,4-9,18H2,1-3H3,(H,20,24)/t11?,12-,13+,14-/m0/s1. The van der Waals surface area contributed by atoms with Gasteiger partial charge < -0.3 is 21.5 Å². The van der Waals surface area contributed by atoms with Crippen molar-refractivity contribution < 1.29 is 19.5 Å². The molecule has 5 N–H and O–H groups in total. The molecule has 0 aromatic rings. The fourth-order valence-corrected chi connectivity index (χ4v) is 2.93. The number of ketones is 2. The van der Waals surface area contributed by atoms with Crippen molar-refractivity contribution >= 4 is 17.5 Å². The van der Waals surface area contributed by atoms with Crippen LogP contribution in [-0.4, -0.2) is 53.9 Å². The lowest BCUT2D eigenvalue weighted by Crippen LogP contribution is -2.49. The maximum atomic E-state index is 12.5. The Morgan fingerprint density at radius 2 is 1.96 bits per heavy atom. The molecule has 0 radical (unpaired) electrons. The molecule has 0 aromatic carbocycles. The Morgan fingerprint density at radius 1 is 1.29 bits per heavy atom. The summed E-state index contributed by atoms with van der Waals surface area (Å²) in [4.78, 5) is 37.0. The van der Waals surface area contributed by atoms with E-state index in [-0.39, 0.29) is 36.5 Å². The van der Waals surface area contributed by atoms with Gasteiger partial charge in [0.25, 0.3) is 0 Å². The first-order valence-corrected chi connectivity index (χ1v) is 8.76. The highest BCUT2D eigenvalue weighted by Gasteiger charge is 2.33. The van der Waals surface area contributed by atoms with E-state index in [9.17, 15) is 19.5 Å². The van der Waals surface area contributed by atoms with Gasteiger partial charge in [0.15, 0.2) is 11.6 Å². The zero-order valence-corrected chi connectivity index (χ0v) is 14.9. The Morgan fingerprint density at radius 3 is 2.42 bits per heavy atom. The van der Waals surface area contributed by atoms with Crippen LogP contribution in [0.5, 0.6) is 0 Å². The van der Waals surface area contributed by atoms with Crippen LogP contribution < -0.4 is 16.4 Å². The van der Waals surface area contributed by atoms with Gasteiger partial charge in [0.1, 0.15) is 0 Å². The fraction of sp³-hybridized carbons (Fsp3) is 0.824. The topological polar surface area (TPSA) is 122 Å². The van der Waals surface area contributed by atoms with Crippen LogP contribution in [0.3, 0.4) is 0 Å². The summed E-state index contributed by atoms with van der Waals surface area (Å²) < 4.78 is 0. The van der Waals surface area contributed by atoms with Crippen LogP contribution in [0.25, 0.3) is 0 Å². The van der Waals surface area contributed by atoms with Gasteiger partial charge in [0.2, 0.25) is 5.91 Å². The highest BCUT2D eigenvalue weighted by Crippen LogP contribution is 2.16. The predicted octanol–water partition coefficient (Wildman–Crippen LogP) is -0.247. The Labute approximate surface area is 143 Å². The Kier molecular flexibility index (Phi) is 8.52. The lowest BCUT2D eigenvalue weighted by Gasteiger charge is -2.24. The molecule has 0 aliphatic carbocycles. The van der Waals surface area contributed by atoms with Gasteiger partial charge in [0.05, 0.1) is 24.1 Å². The number of aliphatic hydroxyl groups excluding tert-OH is 1. The van der Waals surface area contributed by atoms with Crippen molar-refractivity contribution in [1.82, 2.24) is 10.6 Å². The molecule has 1 rings (SSSR count). The molecule has 1 aliphatic rings. The van der Waals surface area contributed by atoms with Crippen molar-refractivity contribution in [2.75, 3.05) is 13.1 Å². The van der Waals surface area contributed by atoms with Crippen molar-refractivity contribution in [3.05, 3.63) is 0 Å². The summed E-state index contributed by atoms with van der Waals surface area (Å²) in [5.41, 5.74) is 5.53. The summed E-state index contributed by atoms with van der Waals surface area (Å²) in [6, 6.07) is -0.917. The smallest absolute Gasteiger partial charge is 0.226 e. The van der Waals surface area contributed by atoms with Crippen molar-refractivity contribution in [3.8, 4) is 0 Å². The third-order valence-electron chi connectivity index (χ3n) is 4.47. The van der Waals surface area contributed by atoms with Crippen molar-refractivity contribution in [3.63, 3.8) is 0 Å². The minimum atomic E-state index is -0.969. The molecule has 7 heteroatoms. The van der Waals surface area contributed by atoms with Gasteiger partial charge in [-0.1, -0.05) is 13.8 Å². The summed E-state index contributed by atoms with van der Waals surface area (Å²) in [6.07, 6.45) is 1.03. The van der Waals surface area contributed by atoms with Crippen molar-refractivity contribution in [2.45, 2.75) is 64.6 Å². The van der Waals surface area contributed by atoms with Gasteiger partial charge in [-0.05, 0) is 39.3 Å². The van der Waals surface area contributed by atoms with Gasteiger partial charge in [0, 0.05) is 12.3 Å². The van der Waals surface area contributed by atoms with Crippen LogP contribution in [0.15, 0.2) is 0 Å². The Bertz CT molecular complexity index is 445. The first kappa shape index (κ1) is 20.7. The molecule has 1 saturated heterocycles. The summed E-state index contributed by atoms with van der Waals surface area (Å²) in [5, 5.41) is 15.7. The molecule has 7 nitrogen and oxygen atoms in total. The number of nitrogens with two attached hydrogens (primary N) is 1. The normalized spacial score (nSPS) is 21.3. The number of hydrogen-bond donors (Lipinski definition) is 4. The van der Waals surface area contributed by atoms with E-state index >= 15 is 0 Å². The molecule has 4 atom stereocenters. The van der Waals surface area contributed by atoms with Crippen LogP contribution in [0.1, 0.15) is 46.5 Å². The summed E-state index contributed by atoms with van der Waals surface area (Å²) in [6.45, 7) is 6.08. The quantitative estimate of drug-likeness (QED) is 0.435. The molecule has 0 aromatic heterocycles. The van der Waals surface area contributed by atoms with Gasteiger partial charge in [-0.2, -0.15) is 0 Å². The van der Waals surface area contributed by atoms with E-state index in [1.807, 2.05) is 0 Å². The predicted molar refractivity (Wildman–Crippen MR) is 91.3 cm³/mol. The minimum Gasteiger partial charge on any atom is -0.393 e. The number of rotatable bonds is 10. The molecular weight excluding hydrogens is 310 g/mol. The van der Waals surface area contributed by atoms with E-state index in [1.165, 1.54) is 6.92 Å². The van der Waals surface area contributed by atoms with Crippen LogP contribution in [0.2, 0.25) is 0 Å². The molecule has 138 valence electrons. The molecule has 1 fully saturated rings. The van der Waals surface area contributed by atoms with Crippen molar-refractivity contribution in [2.24, 2.45) is 17.6 Å². The minimum absolute atomic E-state index is 0.0353. The molecular formula is C17H31N3O4. The lowest BCUT2D eigenvalue weighted by molar-refractivity contribution is -0.136. The Balaban J connectivity index is 2.73. The molecule has 24 heavy (non-hydrogen) atoms. The molecule has 1 amide bonds. The Hall–Kier alpha value is -1.31. The molecule has 0 bridgehead atoms. The number of amides is 1. The van der Waals surface area contributed by atoms with Crippen LogP contribution >= 0.6 is 0 Å². The molecule has 0 saturated carbocycles. The van der Waals surface area contributed by atoms with E-state index in [2.05, 4.69) is 10.6 Å². The number of hydrogen-bond acceptors (Lipinski definition) is 6. The van der Waals surface area contributed by atoms with E-state index in [4.69, 9.17) is 5.73 Å². The van der Waals surface area contributed by atoms with Crippen molar-refractivity contribution in [1.29, 1.82) is 0 Å². The maximum Gasteiger partial charge on any atom is 0.226 e. The molecule has 1 aliphatic heterocycles. The third kappa shape index (κ3) is 5.96. The van der Waals surface area contributed by atoms with E-state index < -0.39 is 24.0 Å². The number of carbonyl (C=O) groups excluding carboxylic acids is 3. The molecule has 1 unspecified atom stereocenters. The maximum absolute atomic E-state index is 12.5. The number of aliphatic hydroxyl groups is 1. The monoisotopic (exact) mass is 341 g/mol. The second-order valence-corrected chi connectivity index (χ2v) is 6.86.